The fourth-order valence-electron chi connectivity index (χ4n) is 2.87. The van der Waals surface area contributed by atoms with Crippen LogP contribution in [-0.2, 0) is 16.1 Å². The van der Waals surface area contributed by atoms with E-state index in [9.17, 15) is 4.79 Å². The van der Waals surface area contributed by atoms with Gasteiger partial charge in [0.2, 0.25) is 0 Å². The zero-order valence-electron chi connectivity index (χ0n) is 12.8. The molecule has 1 fully saturated rings. The van der Waals surface area contributed by atoms with E-state index in [0.29, 0.717) is 6.61 Å². The van der Waals surface area contributed by atoms with Gasteiger partial charge in [-0.2, -0.15) is 0 Å². The van der Waals surface area contributed by atoms with Crippen molar-refractivity contribution in [2.24, 2.45) is 0 Å². The van der Waals surface area contributed by atoms with E-state index in [0.717, 1.165) is 18.5 Å². The fourth-order valence-corrected chi connectivity index (χ4v) is 2.87. The molecule has 0 aliphatic carbocycles. The first-order valence-electron chi connectivity index (χ1n) is 7.77. The number of nitrogens with zero attached hydrogens (tertiary/aromatic N) is 1. The van der Waals surface area contributed by atoms with Gasteiger partial charge in [-0.3, -0.25) is 9.69 Å². The largest absolute Gasteiger partial charge is 0.460 e. The van der Waals surface area contributed by atoms with Crippen LogP contribution in [0.15, 0.2) is 60.7 Å². The molecule has 114 valence electrons. The van der Waals surface area contributed by atoms with Gasteiger partial charge in [-0.1, -0.05) is 60.7 Å². The number of carbonyl (C=O) groups excluding carboxylic acids is 1. The molecule has 0 amide bonds. The number of likely N-dealkylation sites (tertiary alicyclic amines) is 1. The average molecular weight is 295 g/mol. The minimum absolute atomic E-state index is 0.112. The number of ether oxygens (including phenoxy) is 1. The third-order valence-corrected chi connectivity index (χ3v) is 4.34. The van der Waals surface area contributed by atoms with Gasteiger partial charge in [0.05, 0.1) is 0 Å². The van der Waals surface area contributed by atoms with Gasteiger partial charge in [-0.15, -0.1) is 0 Å². The molecule has 0 bridgehead atoms. The Hall–Kier alpha value is -2.13. The quantitative estimate of drug-likeness (QED) is 0.790. The summed E-state index contributed by atoms with van der Waals surface area (Å²) in [5.74, 6) is -0.113. The van der Waals surface area contributed by atoms with Crippen molar-refractivity contribution in [1.29, 1.82) is 0 Å². The van der Waals surface area contributed by atoms with Crippen molar-refractivity contribution < 1.29 is 9.53 Å². The van der Waals surface area contributed by atoms with Crippen LogP contribution >= 0.6 is 0 Å². The molecule has 3 heteroatoms. The monoisotopic (exact) mass is 295 g/mol. The zero-order valence-corrected chi connectivity index (χ0v) is 12.8. The van der Waals surface area contributed by atoms with Crippen molar-refractivity contribution in [2.75, 3.05) is 6.54 Å². The highest BCUT2D eigenvalue weighted by molar-refractivity contribution is 5.77. The van der Waals surface area contributed by atoms with Gasteiger partial charge in [0.15, 0.2) is 0 Å². The molecule has 3 nitrogen and oxygen atoms in total. The Morgan fingerprint density at radius 2 is 1.77 bits per heavy atom. The Labute approximate surface area is 131 Å². The molecule has 1 saturated heterocycles. The number of esters is 1. The van der Waals surface area contributed by atoms with Gasteiger partial charge in [0.25, 0.3) is 0 Å². The first kappa shape index (κ1) is 14.8. The summed E-state index contributed by atoms with van der Waals surface area (Å²) >= 11 is 0. The predicted molar refractivity (Wildman–Crippen MR) is 86.2 cm³/mol. The van der Waals surface area contributed by atoms with Crippen molar-refractivity contribution in [2.45, 2.75) is 32.0 Å². The van der Waals surface area contributed by atoms with Crippen molar-refractivity contribution in [3.8, 4) is 0 Å². The second-order valence-corrected chi connectivity index (χ2v) is 5.72. The van der Waals surface area contributed by atoms with E-state index in [4.69, 9.17) is 4.74 Å². The molecule has 1 aliphatic heterocycles. The zero-order chi connectivity index (χ0) is 15.4. The lowest BCUT2D eigenvalue weighted by atomic mass is 9.96. The molecular weight excluding hydrogens is 274 g/mol. The maximum absolute atomic E-state index is 12.3. The lowest BCUT2D eigenvalue weighted by Crippen LogP contribution is -2.53. The van der Waals surface area contributed by atoms with Crippen molar-refractivity contribution in [3.05, 3.63) is 71.8 Å². The van der Waals surface area contributed by atoms with Crippen LogP contribution in [-0.4, -0.2) is 23.5 Å². The van der Waals surface area contributed by atoms with E-state index < -0.39 is 0 Å². The maximum Gasteiger partial charge on any atom is 0.323 e. The summed E-state index contributed by atoms with van der Waals surface area (Å²) in [6, 6.07) is 20.2. The van der Waals surface area contributed by atoms with Crippen LogP contribution in [0.5, 0.6) is 0 Å². The molecule has 0 aromatic heterocycles. The summed E-state index contributed by atoms with van der Waals surface area (Å²) in [6.07, 6.45) is 0.880. The summed E-state index contributed by atoms with van der Waals surface area (Å²) in [6.45, 7) is 3.44. The number of benzene rings is 2. The predicted octanol–water partition coefficient (Wildman–Crippen LogP) is 3.57. The molecule has 2 atom stereocenters. The van der Waals surface area contributed by atoms with Crippen LogP contribution in [0.3, 0.4) is 0 Å². The SMILES string of the molecule is C[C@@H](c1ccccc1)N1CCC1C(=O)OCc1ccccc1. The van der Waals surface area contributed by atoms with Crippen LogP contribution in [0.25, 0.3) is 0 Å². The van der Waals surface area contributed by atoms with Crippen LogP contribution in [0, 0.1) is 0 Å². The molecule has 0 spiro atoms. The summed E-state index contributed by atoms with van der Waals surface area (Å²) in [5.41, 5.74) is 2.26. The van der Waals surface area contributed by atoms with Crippen LogP contribution in [0.2, 0.25) is 0 Å². The lowest BCUT2D eigenvalue weighted by molar-refractivity contribution is -0.158. The standard InChI is InChI=1S/C19H21NO2/c1-15(17-10-6-3-7-11-17)20-13-12-18(20)19(21)22-14-16-8-4-2-5-9-16/h2-11,15,18H,12-14H2,1H3/t15-,18?/m0/s1. The molecule has 0 radical (unpaired) electrons. The number of hydrogen-bond donors (Lipinski definition) is 0. The second kappa shape index (κ2) is 6.75. The average Bonchev–Trinajstić information content (AvgIpc) is 2.54. The van der Waals surface area contributed by atoms with Crippen LogP contribution in [0.1, 0.15) is 30.5 Å². The van der Waals surface area contributed by atoms with Gasteiger partial charge in [0.1, 0.15) is 12.6 Å². The van der Waals surface area contributed by atoms with Gasteiger partial charge in [-0.05, 0) is 24.5 Å². The number of carbonyl (C=O) groups is 1. The molecule has 22 heavy (non-hydrogen) atoms. The van der Waals surface area contributed by atoms with E-state index >= 15 is 0 Å². The molecule has 0 N–H and O–H groups in total. The maximum atomic E-state index is 12.3. The van der Waals surface area contributed by atoms with Crippen LogP contribution in [0.4, 0.5) is 0 Å². The molecule has 1 heterocycles. The summed E-state index contributed by atoms with van der Waals surface area (Å²) in [5, 5.41) is 0. The van der Waals surface area contributed by atoms with Crippen molar-refractivity contribution >= 4 is 5.97 Å². The topological polar surface area (TPSA) is 29.5 Å². The normalized spacial score (nSPS) is 19.2. The first-order chi connectivity index (χ1) is 10.8. The number of rotatable bonds is 5. The van der Waals surface area contributed by atoms with Gasteiger partial charge in [0, 0.05) is 12.6 Å². The molecule has 0 saturated carbocycles. The first-order valence-corrected chi connectivity index (χ1v) is 7.77. The highest BCUT2D eigenvalue weighted by Gasteiger charge is 2.38. The Kier molecular flexibility index (Phi) is 4.54. The number of hydrogen-bond acceptors (Lipinski definition) is 3. The third kappa shape index (κ3) is 3.20. The van der Waals surface area contributed by atoms with Gasteiger partial charge in [-0.25, -0.2) is 0 Å². The molecule has 2 aromatic carbocycles. The van der Waals surface area contributed by atoms with Gasteiger partial charge < -0.3 is 4.74 Å². The van der Waals surface area contributed by atoms with Crippen LogP contribution < -0.4 is 0 Å². The minimum atomic E-state index is -0.113. The summed E-state index contributed by atoms with van der Waals surface area (Å²) in [7, 11) is 0. The van der Waals surface area contributed by atoms with E-state index in [1.165, 1.54) is 5.56 Å². The Morgan fingerprint density at radius 3 is 2.36 bits per heavy atom. The lowest BCUT2D eigenvalue weighted by Gasteiger charge is -2.43. The van der Waals surface area contributed by atoms with E-state index in [1.54, 1.807) is 0 Å². The Bertz CT molecular complexity index is 612. The second-order valence-electron chi connectivity index (χ2n) is 5.72. The van der Waals surface area contributed by atoms with E-state index in [2.05, 4.69) is 24.0 Å². The molecular formula is C19H21NO2. The highest BCUT2D eigenvalue weighted by atomic mass is 16.5. The summed E-state index contributed by atoms with van der Waals surface area (Å²) in [4.78, 5) is 14.5. The smallest absolute Gasteiger partial charge is 0.323 e. The summed E-state index contributed by atoms with van der Waals surface area (Å²) < 4.78 is 5.47. The Balaban J connectivity index is 1.57. The fraction of sp³-hybridized carbons (Fsp3) is 0.316. The molecule has 3 rings (SSSR count). The molecule has 1 unspecified atom stereocenters. The van der Waals surface area contributed by atoms with Gasteiger partial charge >= 0.3 is 5.97 Å². The highest BCUT2D eigenvalue weighted by Crippen LogP contribution is 2.30. The molecule has 2 aromatic rings. The Morgan fingerprint density at radius 1 is 1.14 bits per heavy atom. The van der Waals surface area contributed by atoms with E-state index in [-0.39, 0.29) is 18.1 Å². The van der Waals surface area contributed by atoms with E-state index in [1.807, 2.05) is 48.5 Å². The third-order valence-electron chi connectivity index (χ3n) is 4.34. The van der Waals surface area contributed by atoms with Crippen molar-refractivity contribution in [1.82, 2.24) is 4.90 Å². The van der Waals surface area contributed by atoms with Crippen molar-refractivity contribution in [3.63, 3.8) is 0 Å². The minimum Gasteiger partial charge on any atom is -0.460 e. The molecule has 1 aliphatic rings.